The predicted molar refractivity (Wildman–Crippen MR) is 74.3 cm³/mol. The van der Waals surface area contributed by atoms with Crippen LogP contribution in [0.1, 0.15) is 12.6 Å². The predicted octanol–water partition coefficient (Wildman–Crippen LogP) is 0.512. The number of pyridine rings is 1. The fourth-order valence-electron chi connectivity index (χ4n) is 1.90. The number of anilines is 2. The van der Waals surface area contributed by atoms with Crippen LogP contribution in [0.25, 0.3) is 0 Å². The second kappa shape index (κ2) is 5.99. The summed E-state index contributed by atoms with van der Waals surface area (Å²) >= 11 is 0. The molecule has 0 radical (unpaired) electrons. The summed E-state index contributed by atoms with van der Waals surface area (Å²) < 4.78 is 5.31. The largest absolute Gasteiger partial charge is 0.378 e. The van der Waals surface area contributed by atoms with Gasteiger partial charge in [0.1, 0.15) is 5.82 Å². The highest BCUT2D eigenvalue weighted by Crippen LogP contribution is 2.19. The first-order chi connectivity index (χ1) is 9.08. The smallest absolute Gasteiger partial charge is 0.241 e. The number of nitrogens with two attached hydrogens (primary N) is 1. The molecule has 1 aromatic heterocycles. The zero-order valence-corrected chi connectivity index (χ0v) is 11.3. The number of rotatable bonds is 3. The van der Waals surface area contributed by atoms with Gasteiger partial charge in [-0.2, -0.15) is 0 Å². The fraction of sp³-hybridized carbons (Fsp3) is 0.538. The minimum absolute atomic E-state index is 0.205. The Kier molecular flexibility index (Phi) is 4.34. The maximum Gasteiger partial charge on any atom is 0.241 e. The van der Waals surface area contributed by atoms with Crippen LogP contribution >= 0.6 is 0 Å². The van der Waals surface area contributed by atoms with E-state index in [9.17, 15) is 4.79 Å². The summed E-state index contributed by atoms with van der Waals surface area (Å²) in [4.78, 5) is 18.3. The number of carbonyl (C=O) groups excluding carboxylic acids is 1. The lowest BCUT2D eigenvalue weighted by Crippen LogP contribution is -2.37. The van der Waals surface area contributed by atoms with Crippen LogP contribution in [0.3, 0.4) is 0 Å². The average Bonchev–Trinajstić information content (AvgIpc) is 2.41. The van der Waals surface area contributed by atoms with Crippen molar-refractivity contribution in [3.63, 3.8) is 0 Å². The van der Waals surface area contributed by atoms with Gasteiger partial charge in [0.2, 0.25) is 5.91 Å². The Balaban J connectivity index is 2.10. The summed E-state index contributed by atoms with van der Waals surface area (Å²) in [6.07, 6.45) is 0. The Hall–Kier alpha value is -1.66. The lowest BCUT2D eigenvalue weighted by atomic mass is 10.2. The Morgan fingerprint density at radius 1 is 1.47 bits per heavy atom. The third kappa shape index (κ3) is 3.42. The van der Waals surface area contributed by atoms with Crippen molar-refractivity contribution in [3.05, 3.63) is 17.8 Å². The minimum Gasteiger partial charge on any atom is -0.378 e. The molecule has 1 aliphatic heterocycles. The Morgan fingerprint density at radius 3 is 2.74 bits per heavy atom. The molecule has 1 atom stereocenters. The number of amides is 1. The second-order valence-electron chi connectivity index (χ2n) is 4.68. The quantitative estimate of drug-likeness (QED) is 0.831. The van der Waals surface area contributed by atoms with Crippen molar-refractivity contribution in [2.45, 2.75) is 19.9 Å². The molecule has 19 heavy (non-hydrogen) atoms. The van der Waals surface area contributed by atoms with Crippen LogP contribution in [0, 0.1) is 6.92 Å². The van der Waals surface area contributed by atoms with Gasteiger partial charge in [0, 0.05) is 13.1 Å². The van der Waals surface area contributed by atoms with Crippen molar-refractivity contribution >= 4 is 17.4 Å². The van der Waals surface area contributed by atoms with Gasteiger partial charge < -0.3 is 20.7 Å². The van der Waals surface area contributed by atoms with E-state index in [1.54, 1.807) is 6.92 Å². The van der Waals surface area contributed by atoms with Crippen LogP contribution < -0.4 is 16.0 Å². The van der Waals surface area contributed by atoms with E-state index in [1.165, 1.54) is 0 Å². The van der Waals surface area contributed by atoms with Crippen molar-refractivity contribution < 1.29 is 9.53 Å². The van der Waals surface area contributed by atoms with Crippen molar-refractivity contribution in [3.8, 4) is 0 Å². The van der Waals surface area contributed by atoms with E-state index in [1.807, 2.05) is 19.1 Å². The zero-order chi connectivity index (χ0) is 13.8. The highest BCUT2D eigenvalue weighted by molar-refractivity contribution is 5.94. The van der Waals surface area contributed by atoms with Crippen LogP contribution in [-0.4, -0.2) is 43.2 Å². The van der Waals surface area contributed by atoms with E-state index in [0.29, 0.717) is 5.69 Å². The molecule has 0 spiro atoms. The molecule has 3 N–H and O–H groups in total. The number of morpholine rings is 1. The third-order valence-corrected chi connectivity index (χ3v) is 3.08. The van der Waals surface area contributed by atoms with E-state index in [0.717, 1.165) is 37.8 Å². The van der Waals surface area contributed by atoms with E-state index in [-0.39, 0.29) is 5.91 Å². The lowest BCUT2D eigenvalue weighted by Gasteiger charge is -2.28. The molecule has 2 heterocycles. The number of aryl methyl sites for hydroxylation is 1. The van der Waals surface area contributed by atoms with Gasteiger partial charge in [-0.15, -0.1) is 0 Å². The molecule has 6 heteroatoms. The highest BCUT2D eigenvalue weighted by Gasteiger charge is 2.14. The van der Waals surface area contributed by atoms with E-state index < -0.39 is 6.04 Å². The standard InChI is InChI=1S/C13H20N4O2/c1-9(14)13(18)16-11-3-4-12(15-10(11)2)17-5-7-19-8-6-17/h3-4,9H,5-8,14H2,1-2H3,(H,16,18)/t9-/m1/s1. The summed E-state index contributed by atoms with van der Waals surface area (Å²) in [5, 5.41) is 2.77. The van der Waals surface area contributed by atoms with Crippen LogP contribution in [0.4, 0.5) is 11.5 Å². The van der Waals surface area contributed by atoms with Gasteiger partial charge in [-0.05, 0) is 26.0 Å². The molecule has 0 unspecified atom stereocenters. The first-order valence-electron chi connectivity index (χ1n) is 6.44. The van der Waals surface area contributed by atoms with Crippen molar-refractivity contribution in [1.82, 2.24) is 4.98 Å². The fourth-order valence-corrected chi connectivity index (χ4v) is 1.90. The molecular weight excluding hydrogens is 244 g/mol. The number of hydrogen-bond donors (Lipinski definition) is 2. The molecular formula is C13H20N4O2. The number of aromatic nitrogens is 1. The summed E-state index contributed by atoms with van der Waals surface area (Å²) in [6.45, 7) is 6.67. The van der Waals surface area contributed by atoms with E-state index in [2.05, 4.69) is 15.2 Å². The van der Waals surface area contributed by atoms with Gasteiger partial charge in [-0.25, -0.2) is 4.98 Å². The highest BCUT2D eigenvalue weighted by atomic mass is 16.5. The minimum atomic E-state index is -0.529. The van der Waals surface area contributed by atoms with Gasteiger partial charge in [-0.1, -0.05) is 0 Å². The number of nitrogens with one attached hydrogen (secondary N) is 1. The van der Waals surface area contributed by atoms with Crippen molar-refractivity contribution in [2.24, 2.45) is 5.73 Å². The van der Waals surface area contributed by atoms with Crippen LogP contribution in [0.2, 0.25) is 0 Å². The maximum absolute atomic E-state index is 11.6. The molecule has 0 aromatic carbocycles. The number of ether oxygens (including phenoxy) is 1. The molecule has 1 aliphatic rings. The molecule has 0 saturated carbocycles. The van der Waals surface area contributed by atoms with E-state index in [4.69, 9.17) is 10.5 Å². The van der Waals surface area contributed by atoms with Crippen LogP contribution in [0.15, 0.2) is 12.1 Å². The number of hydrogen-bond acceptors (Lipinski definition) is 5. The molecule has 1 fully saturated rings. The molecule has 2 rings (SSSR count). The van der Waals surface area contributed by atoms with Gasteiger partial charge in [0.05, 0.1) is 30.6 Å². The Bertz CT molecular complexity index is 456. The van der Waals surface area contributed by atoms with Crippen LogP contribution in [-0.2, 0) is 9.53 Å². The van der Waals surface area contributed by atoms with Gasteiger partial charge >= 0.3 is 0 Å². The average molecular weight is 264 g/mol. The number of carbonyl (C=O) groups is 1. The third-order valence-electron chi connectivity index (χ3n) is 3.08. The lowest BCUT2D eigenvalue weighted by molar-refractivity contribution is -0.117. The summed E-state index contributed by atoms with van der Waals surface area (Å²) in [5.74, 6) is 0.712. The molecule has 1 aromatic rings. The summed E-state index contributed by atoms with van der Waals surface area (Å²) in [6, 6.07) is 3.25. The molecule has 104 valence electrons. The van der Waals surface area contributed by atoms with E-state index >= 15 is 0 Å². The van der Waals surface area contributed by atoms with Crippen molar-refractivity contribution in [1.29, 1.82) is 0 Å². The normalized spacial score (nSPS) is 17.1. The van der Waals surface area contributed by atoms with Gasteiger partial charge in [-0.3, -0.25) is 4.79 Å². The SMILES string of the molecule is Cc1nc(N2CCOCC2)ccc1NC(=O)[C@@H](C)N. The van der Waals surface area contributed by atoms with Crippen molar-refractivity contribution in [2.75, 3.05) is 36.5 Å². The molecule has 6 nitrogen and oxygen atoms in total. The first kappa shape index (κ1) is 13.8. The summed E-state index contributed by atoms with van der Waals surface area (Å²) in [7, 11) is 0. The first-order valence-corrected chi connectivity index (χ1v) is 6.44. The second-order valence-corrected chi connectivity index (χ2v) is 4.68. The molecule has 1 saturated heterocycles. The topological polar surface area (TPSA) is 80.5 Å². The number of nitrogens with zero attached hydrogens (tertiary/aromatic N) is 2. The van der Waals surface area contributed by atoms with Gasteiger partial charge in [0.25, 0.3) is 0 Å². The maximum atomic E-state index is 11.6. The van der Waals surface area contributed by atoms with Gasteiger partial charge in [0.15, 0.2) is 0 Å². The molecule has 1 amide bonds. The molecule has 0 bridgehead atoms. The Morgan fingerprint density at radius 2 is 2.16 bits per heavy atom. The zero-order valence-electron chi connectivity index (χ0n) is 11.3. The monoisotopic (exact) mass is 264 g/mol. The Labute approximate surface area is 112 Å². The van der Waals surface area contributed by atoms with Crippen LogP contribution in [0.5, 0.6) is 0 Å². The summed E-state index contributed by atoms with van der Waals surface area (Å²) in [5.41, 5.74) is 7.02. The molecule has 0 aliphatic carbocycles.